The van der Waals surface area contributed by atoms with E-state index in [0.717, 1.165) is 12.1 Å². The normalized spacial score (nSPS) is 20.1. The van der Waals surface area contributed by atoms with Gasteiger partial charge in [0, 0.05) is 50.4 Å². The van der Waals surface area contributed by atoms with Crippen molar-refractivity contribution in [2.24, 2.45) is 0 Å². The topological polar surface area (TPSA) is 104 Å². The molecule has 27 heavy (non-hydrogen) atoms. The largest absolute Gasteiger partial charge is 0.353 e. The van der Waals surface area contributed by atoms with Crippen LogP contribution in [0.4, 0.5) is 10.5 Å². The van der Waals surface area contributed by atoms with Gasteiger partial charge in [0.05, 0.1) is 0 Å². The van der Waals surface area contributed by atoms with Crippen LogP contribution < -0.4 is 10.6 Å². The fraction of sp³-hybridized carbons (Fsp3) is 0.444. The molecule has 142 valence electrons. The molecular weight excluding hydrogens is 348 g/mol. The van der Waals surface area contributed by atoms with E-state index in [2.05, 4.69) is 25.7 Å². The minimum atomic E-state index is -0.268. The van der Waals surface area contributed by atoms with Crippen LogP contribution in [-0.2, 0) is 11.2 Å². The zero-order valence-electron chi connectivity index (χ0n) is 15.1. The number of hydrogen-bond donors (Lipinski definition) is 2. The van der Waals surface area contributed by atoms with Gasteiger partial charge in [0.2, 0.25) is 5.91 Å². The van der Waals surface area contributed by atoms with Crippen molar-refractivity contribution < 1.29 is 14.1 Å². The first-order valence-corrected chi connectivity index (χ1v) is 9.14. The highest BCUT2D eigenvalue weighted by molar-refractivity contribution is 5.91. The number of benzene rings is 1. The van der Waals surface area contributed by atoms with Crippen LogP contribution in [0.1, 0.15) is 12.7 Å². The van der Waals surface area contributed by atoms with E-state index in [4.69, 9.17) is 4.52 Å². The van der Waals surface area contributed by atoms with E-state index >= 15 is 0 Å². The molecule has 2 aliphatic heterocycles. The molecule has 1 aromatic carbocycles. The maximum Gasteiger partial charge on any atom is 0.321 e. The number of aromatic nitrogens is 2. The first kappa shape index (κ1) is 17.5. The fourth-order valence-electron chi connectivity index (χ4n) is 3.41. The number of amides is 3. The molecular formula is C18H22N6O3. The summed E-state index contributed by atoms with van der Waals surface area (Å²) in [5, 5.41) is 9.66. The lowest BCUT2D eigenvalue weighted by molar-refractivity contribution is -0.131. The van der Waals surface area contributed by atoms with Gasteiger partial charge in [-0.1, -0.05) is 18.1 Å². The number of rotatable bonds is 3. The Kier molecular flexibility index (Phi) is 4.76. The number of carbonyl (C=O) groups is 2. The minimum Gasteiger partial charge on any atom is -0.353 e. The molecule has 0 saturated carbocycles. The molecule has 0 bridgehead atoms. The molecule has 3 heterocycles. The van der Waals surface area contributed by atoms with Crippen molar-refractivity contribution >= 4 is 17.6 Å². The maximum atomic E-state index is 12.7. The quantitative estimate of drug-likeness (QED) is 0.834. The molecule has 2 aliphatic rings. The van der Waals surface area contributed by atoms with Crippen LogP contribution in [0, 0.1) is 0 Å². The van der Waals surface area contributed by atoms with E-state index in [1.807, 2.05) is 25.1 Å². The van der Waals surface area contributed by atoms with Crippen molar-refractivity contribution in [3.63, 3.8) is 0 Å². The molecule has 2 N–H and O–H groups in total. The van der Waals surface area contributed by atoms with Gasteiger partial charge in [-0.2, -0.15) is 4.98 Å². The lowest BCUT2D eigenvalue weighted by atomic mass is 10.1. The van der Waals surface area contributed by atoms with Crippen LogP contribution in [0.3, 0.4) is 0 Å². The lowest BCUT2D eigenvalue weighted by Gasteiger charge is -2.42. The Morgan fingerprint density at radius 1 is 1.37 bits per heavy atom. The highest BCUT2D eigenvalue weighted by Crippen LogP contribution is 2.22. The molecule has 9 nitrogen and oxygen atoms in total. The van der Waals surface area contributed by atoms with Crippen molar-refractivity contribution in [1.82, 2.24) is 25.3 Å². The van der Waals surface area contributed by atoms with Crippen molar-refractivity contribution in [1.29, 1.82) is 0 Å². The van der Waals surface area contributed by atoms with Crippen molar-refractivity contribution in [2.75, 3.05) is 38.0 Å². The third-order valence-electron chi connectivity index (χ3n) is 4.92. The number of nitrogens with one attached hydrogen (secondary N) is 2. The monoisotopic (exact) mass is 370 g/mol. The minimum absolute atomic E-state index is 0.0103. The van der Waals surface area contributed by atoms with Gasteiger partial charge in [0.1, 0.15) is 6.04 Å². The fourth-order valence-corrected chi connectivity index (χ4v) is 3.41. The van der Waals surface area contributed by atoms with Gasteiger partial charge in [-0.15, -0.1) is 0 Å². The number of fused-ring (bicyclic) bond motifs is 1. The standard InChI is InChI=1S/C18H22N6O3/c1-2-15-21-17(27-22-15)12-4-3-5-13(10-12)20-18(26)24-9-8-23-7-6-19-16(25)14(23)11-24/h3-5,10,14H,2,6-9,11H2,1H3,(H,19,25)(H,20,26). The van der Waals surface area contributed by atoms with E-state index in [1.165, 1.54) is 0 Å². The predicted octanol–water partition coefficient (Wildman–Crippen LogP) is 0.947. The first-order chi connectivity index (χ1) is 13.1. The number of piperazine rings is 2. The number of carbonyl (C=O) groups excluding carboxylic acids is 2. The molecule has 0 aliphatic carbocycles. The maximum absolute atomic E-state index is 12.7. The van der Waals surface area contributed by atoms with Crippen LogP contribution in [0.15, 0.2) is 28.8 Å². The predicted molar refractivity (Wildman–Crippen MR) is 98.1 cm³/mol. The number of urea groups is 1. The Morgan fingerprint density at radius 3 is 3.07 bits per heavy atom. The van der Waals surface area contributed by atoms with Gasteiger partial charge < -0.3 is 20.1 Å². The van der Waals surface area contributed by atoms with Crippen LogP contribution >= 0.6 is 0 Å². The molecule has 2 saturated heterocycles. The lowest BCUT2D eigenvalue weighted by Crippen LogP contribution is -2.64. The number of aryl methyl sites for hydroxylation is 1. The molecule has 0 spiro atoms. The van der Waals surface area contributed by atoms with E-state index in [0.29, 0.717) is 50.0 Å². The highest BCUT2D eigenvalue weighted by atomic mass is 16.5. The van der Waals surface area contributed by atoms with Gasteiger partial charge in [-0.3, -0.25) is 9.69 Å². The zero-order chi connectivity index (χ0) is 18.8. The summed E-state index contributed by atoms with van der Waals surface area (Å²) in [5.41, 5.74) is 1.39. The van der Waals surface area contributed by atoms with E-state index in [-0.39, 0.29) is 18.0 Å². The summed E-state index contributed by atoms with van der Waals surface area (Å²) in [6.07, 6.45) is 0.695. The Bertz CT molecular complexity index is 851. The zero-order valence-corrected chi connectivity index (χ0v) is 15.1. The van der Waals surface area contributed by atoms with Gasteiger partial charge in [-0.05, 0) is 18.2 Å². The SMILES string of the molecule is CCc1noc(-c2cccc(NC(=O)N3CCN4CCNC(=O)C4C3)c2)n1. The van der Waals surface area contributed by atoms with Crippen molar-refractivity contribution in [3.8, 4) is 11.5 Å². The summed E-state index contributed by atoms with van der Waals surface area (Å²) >= 11 is 0. The van der Waals surface area contributed by atoms with Gasteiger partial charge in [0.15, 0.2) is 5.82 Å². The highest BCUT2D eigenvalue weighted by Gasteiger charge is 2.36. The van der Waals surface area contributed by atoms with Gasteiger partial charge >= 0.3 is 6.03 Å². The Labute approximate surface area is 156 Å². The van der Waals surface area contributed by atoms with Crippen LogP contribution in [0.25, 0.3) is 11.5 Å². The molecule has 2 aromatic rings. The second kappa shape index (κ2) is 7.36. The molecule has 1 unspecified atom stereocenters. The summed E-state index contributed by atoms with van der Waals surface area (Å²) in [6.45, 7) is 5.15. The third kappa shape index (κ3) is 3.63. The van der Waals surface area contributed by atoms with E-state index in [9.17, 15) is 9.59 Å². The summed E-state index contributed by atoms with van der Waals surface area (Å²) in [7, 11) is 0. The summed E-state index contributed by atoms with van der Waals surface area (Å²) in [4.78, 5) is 32.8. The number of anilines is 1. The molecule has 0 radical (unpaired) electrons. The smallest absolute Gasteiger partial charge is 0.321 e. The second-order valence-corrected chi connectivity index (χ2v) is 6.67. The Morgan fingerprint density at radius 2 is 2.26 bits per heavy atom. The second-order valence-electron chi connectivity index (χ2n) is 6.67. The Balaban J connectivity index is 1.43. The average molecular weight is 370 g/mol. The molecule has 3 amide bonds. The van der Waals surface area contributed by atoms with Gasteiger partial charge in [-0.25, -0.2) is 4.79 Å². The molecule has 4 rings (SSSR count). The van der Waals surface area contributed by atoms with Crippen molar-refractivity contribution in [2.45, 2.75) is 19.4 Å². The van der Waals surface area contributed by atoms with E-state index in [1.54, 1.807) is 11.0 Å². The van der Waals surface area contributed by atoms with Crippen LogP contribution in [-0.4, -0.2) is 70.6 Å². The third-order valence-corrected chi connectivity index (χ3v) is 4.92. The molecule has 1 atom stereocenters. The van der Waals surface area contributed by atoms with Gasteiger partial charge in [0.25, 0.3) is 5.89 Å². The summed E-state index contributed by atoms with van der Waals surface area (Å²) in [5.74, 6) is 1.06. The Hall–Kier alpha value is -2.94. The average Bonchev–Trinajstić information content (AvgIpc) is 3.18. The summed E-state index contributed by atoms with van der Waals surface area (Å²) in [6, 6.07) is 6.80. The number of hydrogen-bond acceptors (Lipinski definition) is 6. The van der Waals surface area contributed by atoms with E-state index < -0.39 is 0 Å². The summed E-state index contributed by atoms with van der Waals surface area (Å²) < 4.78 is 5.25. The van der Waals surface area contributed by atoms with Crippen LogP contribution in [0.2, 0.25) is 0 Å². The molecule has 2 fully saturated rings. The molecule has 1 aromatic heterocycles. The van der Waals surface area contributed by atoms with Crippen molar-refractivity contribution in [3.05, 3.63) is 30.1 Å². The van der Waals surface area contributed by atoms with Crippen LogP contribution in [0.5, 0.6) is 0 Å². The number of nitrogens with zero attached hydrogens (tertiary/aromatic N) is 4. The first-order valence-electron chi connectivity index (χ1n) is 9.14. The molecule has 9 heteroatoms.